The van der Waals surface area contributed by atoms with Gasteiger partial charge in [-0.3, -0.25) is 14.9 Å². The number of nitrogens with zero attached hydrogens (tertiary/aromatic N) is 1. The van der Waals surface area contributed by atoms with Crippen molar-refractivity contribution in [1.29, 1.82) is 0 Å². The van der Waals surface area contributed by atoms with E-state index in [1.807, 2.05) is 36.4 Å². The van der Waals surface area contributed by atoms with Gasteiger partial charge in [0.15, 0.2) is 5.78 Å². The van der Waals surface area contributed by atoms with Gasteiger partial charge in [0, 0.05) is 22.1 Å². The molecule has 4 nitrogen and oxygen atoms in total. The first kappa shape index (κ1) is 15.4. The summed E-state index contributed by atoms with van der Waals surface area (Å²) in [5.41, 5.74) is 2.55. The van der Waals surface area contributed by atoms with Crippen LogP contribution in [0.5, 0.6) is 0 Å². The zero-order chi connectivity index (χ0) is 16.2. The molecule has 0 saturated heterocycles. The number of carbonyl (C=O) groups is 1. The maximum absolute atomic E-state index is 12.6. The SMILES string of the molecule is O=C1/C(=C/c2ccccc2)CCC/C1=C\c1ccc([N+](=O)[O-])s1. The van der Waals surface area contributed by atoms with E-state index in [1.165, 1.54) is 6.07 Å². The number of Topliss-reactive ketones (excluding diaryl/α,β-unsaturated/α-hetero) is 1. The van der Waals surface area contributed by atoms with E-state index in [2.05, 4.69) is 0 Å². The number of rotatable bonds is 3. The van der Waals surface area contributed by atoms with Gasteiger partial charge in [0.1, 0.15) is 0 Å². The van der Waals surface area contributed by atoms with Crippen LogP contribution < -0.4 is 0 Å². The summed E-state index contributed by atoms with van der Waals surface area (Å²) in [6, 6.07) is 13.0. The van der Waals surface area contributed by atoms with Gasteiger partial charge in [-0.15, -0.1) is 0 Å². The molecule has 0 radical (unpaired) electrons. The molecule has 2 aromatic rings. The average molecular weight is 325 g/mol. The highest BCUT2D eigenvalue weighted by Crippen LogP contribution is 2.31. The first-order valence-corrected chi connectivity index (χ1v) is 8.20. The van der Waals surface area contributed by atoms with Crippen molar-refractivity contribution in [2.75, 3.05) is 0 Å². The third-order valence-electron chi connectivity index (χ3n) is 3.73. The minimum absolute atomic E-state index is 0.0520. The fraction of sp³-hybridized carbons (Fsp3) is 0.167. The second-order valence-corrected chi connectivity index (χ2v) is 6.46. The molecule has 116 valence electrons. The topological polar surface area (TPSA) is 60.2 Å². The van der Waals surface area contributed by atoms with E-state index >= 15 is 0 Å². The minimum Gasteiger partial charge on any atom is -0.289 e. The van der Waals surface area contributed by atoms with Gasteiger partial charge in [-0.1, -0.05) is 41.7 Å². The lowest BCUT2D eigenvalue weighted by molar-refractivity contribution is -0.380. The van der Waals surface area contributed by atoms with Crippen LogP contribution in [0.4, 0.5) is 5.00 Å². The predicted octanol–water partition coefficient (Wildman–Crippen LogP) is 4.88. The van der Waals surface area contributed by atoms with Crippen molar-refractivity contribution in [2.24, 2.45) is 0 Å². The molecule has 1 aliphatic rings. The van der Waals surface area contributed by atoms with Gasteiger partial charge < -0.3 is 0 Å². The van der Waals surface area contributed by atoms with Crippen molar-refractivity contribution < 1.29 is 9.72 Å². The lowest BCUT2D eigenvalue weighted by Gasteiger charge is -2.16. The molecule has 0 bridgehead atoms. The van der Waals surface area contributed by atoms with Crippen molar-refractivity contribution >= 4 is 34.3 Å². The average Bonchev–Trinajstić information content (AvgIpc) is 3.01. The number of allylic oxidation sites excluding steroid dienone is 2. The molecule has 1 aromatic carbocycles. The van der Waals surface area contributed by atoms with Crippen LogP contribution in [0.25, 0.3) is 12.2 Å². The number of hydrogen-bond donors (Lipinski definition) is 0. The maximum atomic E-state index is 12.6. The van der Waals surface area contributed by atoms with Gasteiger partial charge in [0.25, 0.3) is 0 Å². The minimum atomic E-state index is -0.407. The van der Waals surface area contributed by atoms with E-state index in [4.69, 9.17) is 0 Å². The zero-order valence-corrected chi connectivity index (χ0v) is 13.2. The second-order valence-electron chi connectivity index (χ2n) is 5.37. The second kappa shape index (κ2) is 6.71. The number of ketones is 1. The Morgan fingerprint density at radius 2 is 1.70 bits per heavy atom. The Morgan fingerprint density at radius 1 is 1.00 bits per heavy atom. The number of carbonyl (C=O) groups excluding carboxylic acids is 1. The molecule has 1 heterocycles. The van der Waals surface area contributed by atoms with Crippen LogP contribution in [-0.4, -0.2) is 10.7 Å². The predicted molar refractivity (Wildman–Crippen MR) is 92.2 cm³/mol. The molecule has 0 amide bonds. The third-order valence-corrected chi connectivity index (χ3v) is 4.71. The summed E-state index contributed by atoms with van der Waals surface area (Å²) in [7, 11) is 0. The van der Waals surface area contributed by atoms with E-state index in [0.717, 1.165) is 52.2 Å². The normalized spacial score (nSPS) is 18.5. The summed E-state index contributed by atoms with van der Waals surface area (Å²) < 4.78 is 0. The van der Waals surface area contributed by atoms with E-state index in [1.54, 1.807) is 12.1 Å². The number of hydrogen-bond acceptors (Lipinski definition) is 4. The first-order valence-electron chi connectivity index (χ1n) is 7.38. The molecular formula is C18H15NO3S. The Labute approximate surface area is 137 Å². The molecule has 0 spiro atoms. The van der Waals surface area contributed by atoms with Crippen LogP contribution in [0.3, 0.4) is 0 Å². The van der Waals surface area contributed by atoms with Crippen molar-refractivity contribution in [1.82, 2.24) is 0 Å². The van der Waals surface area contributed by atoms with Crippen LogP contribution >= 0.6 is 11.3 Å². The summed E-state index contributed by atoms with van der Waals surface area (Å²) in [6.07, 6.45) is 6.14. The molecule has 23 heavy (non-hydrogen) atoms. The zero-order valence-electron chi connectivity index (χ0n) is 12.4. The van der Waals surface area contributed by atoms with Gasteiger partial charge in [-0.25, -0.2) is 0 Å². The summed E-state index contributed by atoms with van der Waals surface area (Å²) >= 11 is 1.09. The summed E-state index contributed by atoms with van der Waals surface area (Å²) in [5, 5.41) is 10.8. The molecule has 5 heteroatoms. The van der Waals surface area contributed by atoms with Crippen LogP contribution in [0.1, 0.15) is 29.7 Å². The van der Waals surface area contributed by atoms with Crippen molar-refractivity contribution in [2.45, 2.75) is 19.3 Å². The highest BCUT2D eigenvalue weighted by atomic mass is 32.1. The molecule has 1 fully saturated rings. The van der Waals surface area contributed by atoms with Crippen molar-refractivity contribution in [3.05, 3.63) is 74.2 Å². The fourth-order valence-corrected chi connectivity index (χ4v) is 3.41. The van der Waals surface area contributed by atoms with Crippen LogP contribution in [-0.2, 0) is 4.79 Å². The summed E-state index contributed by atoms with van der Waals surface area (Å²) in [4.78, 5) is 23.7. The molecule has 0 atom stereocenters. The van der Waals surface area contributed by atoms with E-state index < -0.39 is 4.92 Å². The van der Waals surface area contributed by atoms with Crippen LogP contribution in [0.15, 0.2) is 53.6 Å². The molecule has 0 unspecified atom stereocenters. The standard InChI is InChI=1S/C18H15NO3S/c20-18-14(11-13-5-2-1-3-6-13)7-4-8-15(18)12-16-9-10-17(23-16)19(21)22/h1-3,5-6,9-12H,4,7-8H2/b14-11+,15-12+. The van der Waals surface area contributed by atoms with E-state index in [0.29, 0.717) is 0 Å². The Balaban J connectivity index is 1.86. The quantitative estimate of drug-likeness (QED) is 0.459. The summed E-state index contributed by atoms with van der Waals surface area (Å²) in [6.45, 7) is 0. The van der Waals surface area contributed by atoms with E-state index in [9.17, 15) is 14.9 Å². The Bertz CT molecular complexity index is 803. The van der Waals surface area contributed by atoms with Crippen LogP contribution in [0, 0.1) is 10.1 Å². The van der Waals surface area contributed by atoms with E-state index in [-0.39, 0.29) is 10.8 Å². The largest absolute Gasteiger partial charge is 0.324 e. The van der Waals surface area contributed by atoms with Crippen molar-refractivity contribution in [3.8, 4) is 0 Å². The maximum Gasteiger partial charge on any atom is 0.324 e. The highest BCUT2D eigenvalue weighted by molar-refractivity contribution is 7.16. The van der Waals surface area contributed by atoms with Crippen molar-refractivity contribution in [3.63, 3.8) is 0 Å². The molecule has 3 rings (SSSR count). The number of thiophene rings is 1. The molecular weight excluding hydrogens is 310 g/mol. The molecule has 0 aliphatic heterocycles. The first-order chi connectivity index (χ1) is 11.1. The highest BCUT2D eigenvalue weighted by Gasteiger charge is 2.21. The monoisotopic (exact) mass is 325 g/mol. The summed E-state index contributed by atoms with van der Waals surface area (Å²) in [5.74, 6) is 0.0520. The molecule has 1 aliphatic carbocycles. The Hall–Kier alpha value is -2.53. The van der Waals surface area contributed by atoms with Gasteiger partial charge >= 0.3 is 5.00 Å². The lowest BCUT2D eigenvalue weighted by atomic mass is 9.87. The third kappa shape index (κ3) is 3.63. The van der Waals surface area contributed by atoms with Crippen LogP contribution in [0.2, 0.25) is 0 Å². The number of nitro groups is 1. The van der Waals surface area contributed by atoms with Gasteiger partial charge in [-0.05, 0) is 43.0 Å². The van der Waals surface area contributed by atoms with Gasteiger partial charge in [0.2, 0.25) is 0 Å². The molecule has 1 aromatic heterocycles. The Kier molecular flexibility index (Phi) is 4.48. The fourth-order valence-electron chi connectivity index (χ4n) is 2.62. The number of benzene rings is 1. The Morgan fingerprint density at radius 3 is 2.35 bits per heavy atom. The molecule has 1 saturated carbocycles. The lowest BCUT2D eigenvalue weighted by Crippen LogP contribution is -2.12. The van der Waals surface area contributed by atoms with Gasteiger partial charge in [-0.2, -0.15) is 0 Å². The molecule has 0 N–H and O–H groups in total. The smallest absolute Gasteiger partial charge is 0.289 e. The van der Waals surface area contributed by atoms with Gasteiger partial charge in [0.05, 0.1) is 4.92 Å².